The molecule has 1 unspecified atom stereocenters. The summed E-state index contributed by atoms with van der Waals surface area (Å²) in [5, 5.41) is 6.94. The minimum absolute atomic E-state index is 0. The lowest BCUT2D eigenvalue weighted by molar-refractivity contribution is 0.394. The summed E-state index contributed by atoms with van der Waals surface area (Å²) in [6, 6.07) is 10.5. The normalized spacial score (nSPS) is 16.1. The van der Waals surface area contributed by atoms with Crippen molar-refractivity contribution in [2.45, 2.75) is 25.8 Å². The SMILES string of the molecule is CN=C(NCCc1ccc(C)nc1)NC1CCN(c2cc(OC)cc(OC)c2)C1.I. The Morgan fingerprint density at radius 3 is 2.53 bits per heavy atom. The molecule has 0 spiro atoms. The number of aliphatic imine (C=N–C) groups is 1. The van der Waals surface area contributed by atoms with Crippen molar-refractivity contribution < 1.29 is 9.47 Å². The Bertz CT molecular complexity index is 807. The zero-order chi connectivity index (χ0) is 20.6. The molecule has 3 rings (SSSR count). The molecule has 0 radical (unpaired) electrons. The second kappa shape index (κ2) is 11.8. The highest BCUT2D eigenvalue weighted by molar-refractivity contribution is 14.0. The fourth-order valence-electron chi connectivity index (χ4n) is 3.45. The van der Waals surface area contributed by atoms with Crippen molar-refractivity contribution in [1.29, 1.82) is 0 Å². The summed E-state index contributed by atoms with van der Waals surface area (Å²) in [5.41, 5.74) is 3.37. The summed E-state index contributed by atoms with van der Waals surface area (Å²) in [4.78, 5) is 11.1. The number of guanidine groups is 1. The van der Waals surface area contributed by atoms with Crippen molar-refractivity contribution in [3.05, 3.63) is 47.8 Å². The molecule has 2 aromatic rings. The van der Waals surface area contributed by atoms with Crippen molar-refractivity contribution in [2.75, 3.05) is 45.8 Å². The zero-order valence-corrected chi connectivity index (χ0v) is 20.5. The molecule has 0 aliphatic carbocycles. The predicted molar refractivity (Wildman–Crippen MR) is 133 cm³/mol. The monoisotopic (exact) mass is 525 g/mol. The topological polar surface area (TPSA) is 71.0 Å². The number of hydrogen-bond donors (Lipinski definition) is 2. The molecule has 164 valence electrons. The molecule has 0 saturated carbocycles. The molecule has 2 heterocycles. The van der Waals surface area contributed by atoms with Crippen molar-refractivity contribution in [2.24, 2.45) is 4.99 Å². The van der Waals surface area contributed by atoms with Crippen LogP contribution < -0.4 is 25.0 Å². The number of aryl methyl sites for hydroxylation is 1. The second-order valence-corrected chi connectivity index (χ2v) is 7.20. The molecule has 1 atom stereocenters. The van der Waals surface area contributed by atoms with E-state index in [0.29, 0.717) is 6.04 Å². The van der Waals surface area contributed by atoms with Gasteiger partial charge in [-0.15, -0.1) is 24.0 Å². The maximum atomic E-state index is 5.40. The summed E-state index contributed by atoms with van der Waals surface area (Å²) < 4.78 is 10.8. The van der Waals surface area contributed by atoms with E-state index in [1.807, 2.05) is 44.4 Å². The Balaban J connectivity index is 0.00000320. The van der Waals surface area contributed by atoms with Gasteiger partial charge in [0, 0.05) is 68.5 Å². The number of ether oxygens (including phenoxy) is 2. The second-order valence-electron chi connectivity index (χ2n) is 7.20. The molecular formula is C22H32IN5O2. The summed E-state index contributed by atoms with van der Waals surface area (Å²) >= 11 is 0. The zero-order valence-electron chi connectivity index (χ0n) is 18.1. The fraction of sp³-hybridized carbons (Fsp3) is 0.455. The van der Waals surface area contributed by atoms with E-state index in [9.17, 15) is 0 Å². The van der Waals surface area contributed by atoms with E-state index in [2.05, 4.69) is 31.6 Å². The van der Waals surface area contributed by atoms with Crippen LogP contribution in [0.2, 0.25) is 0 Å². The largest absolute Gasteiger partial charge is 0.497 e. The molecule has 8 heteroatoms. The molecule has 1 saturated heterocycles. The predicted octanol–water partition coefficient (Wildman–Crippen LogP) is 3.01. The molecule has 7 nitrogen and oxygen atoms in total. The number of hydrogen-bond acceptors (Lipinski definition) is 5. The van der Waals surface area contributed by atoms with E-state index >= 15 is 0 Å². The first kappa shape index (κ1) is 24.0. The number of aromatic nitrogens is 1. The number of nitrogens with zero attached hydrogens (tertiary/aromatic N) is 3. The minimum Gasteiger partial charge on any atom is -0.497 e. The van der Waals surface area contributed by atoms with Crippen LogP contribution >= 0.6 is 24.0 Å². The average Bonchev–Trinajstić information content (AvgIpc) is 3.22. The third-order valence-corrected chi connectivity index (χ3v) is 5.13. The third-order valence-electron chi connectivity index (χ3n) is 5.13. The van der Waals surface area contributed by atoms with Crippen LogP contribution in [-0.2, 0) is 6.42 Å². The smallest absolute Gasteiger partial charge is 0.191 e. The molecule has 1 fully saturated rings. The summed E-state index contributed by atoms with van der Waals surface area (Å²) in [6.45, 7) is 4.69. The van der Waals surface area contributed by atoms with Gasteiger partial charge in [0.1, 0.15) is 11.5 Å². The first-order chi connectivity index (χ1) is 14.1. The Kier molecular flexibility index (Phi) is 9.48. The Morgan fingerprint density at radius 1 is 1.20 bits per heavy atom. The molecule has 1 aliphatic heterocycles. The first-order valence-corrected chi connectivity index (χ1v) is 9.98. The molecular weight excluding hydrogens is 493 g/mol. The molecule has 0 bridgehead atoms. The van der Waals surface area contributed by atoms with Gasteiger partial charge in [-0.2, -0.15) is 0 Å². The van der Waals surface area contributed by atoms with E-state index in [4.69, 9.17) is 9.47 Å². The van der Waals surface area contributed by atoms with E-state index in [1.54, 1.807) is 14.2 Å². The van der Waals surface area contributed by atoms with Crippen LogP contribution in [0.4, 0.5) is 5.69 Å². The highest BCUT2D eigenvalue weighted by Crippen LogP contribution is 2.30. The number of halogens is 1. The van der Waals surface area contributed by atoms with Crippen molar-refractivity contribution in [3.8, 4) is 11.5 Å². The van der Waals surface area contributed by atoms with E-state index < -0.39 is 0 Å². The summed E-state index contributed by atoms with van der Waals surface area (Å²) in [6.07, 6.45) is 3.89. The van der Waals surface area contributed by atoms with Gasteiger partial charge in [-0.3, -0.25) is 9.98 Å². The maximum Gasteiger partial charge on any atom is 0.191 e. The number of rotatable bonds is 7. The molecule has 2 N–H and O–H groups in total. The lowest BCUT2D eigenvalue weighted by atomic mass is 10.2. The van der Waals surface area contributed by atoms with Gasteiger partial charge in [0.25, 0.3) is 0 Å². The quantitative estimate of drug-likeness (QED) is 0.329. The van der Waals surface area contributed by atoms with Crippen LogP contribution in [0.25, 0.3) is 0 Å². The Morgan fingerprint density at radius 2 is 1.93 bits per heavy atom. The van der Waals surface area contributed by atoms with Gasteiger partial charge >= 0.3 is 0 Å². The minimum atomic E-state index is 0. The lowest BCUT2D eigenvalue weighted by Crippen LogP contribution is -2.45. The fourth-order valence-corrected chi connectivity index (χ4v) is 3.45. The van der Waals surface area contributed by atoms with Gasteiger partial charge in [0.05, 0.1) is 14.2 Å². The Labute approximate surface area is 196 Å². The third kappa shape index (κ3) is 6.65. The molecule has 0 amide bonds. The maximum absolute atomic E-state index is 5.40. The van der Waals surface area contributed by atoms with E-state index in [0.717, 1.165) is 61.3 Å². The van der Waals surface area contributed by atoms with Crippen LogP contribution in [0.15, 0.2) is 41.5 Å². The number of pyridine rings is 1. The van der Waals surface area contributed by atoms with Gasteiger partial charge in [-0.1, -0.05) is 6.07 Å². The van der Waals surface area contributed by atoms with E-state index in [1.165, 1.54) is 5.56 Å². The number of anilines is 1. The van der Waals surface area contributed by atoms with Gasteiger partial charge in [-0.25, -0.2) is 0 Å². The van der Waals surface area contributed by atoms with Crippen LogP contribution in [0.1, 0.15) is 17.7 Å². The van der Waals surface area contributed by atoms with Gasteiger partial charge in [-0.05, 0) is 31.4 Å². The van der Waals surface area contributed by atoms with Crippen LogP contribution in [0.3, 0.4) is 0 Å². The molecule has 30 heavy (non-hydrogen) atoms. The first-order valence-electron chi connectivity index (χ1n) is 9.98. The number of benzene rings is 1. The number of methoxy groups -OCH3 is 2. The standard InChI is InChI=1S/C22H31N5O2.HI/c1-16-5-6-17(14-25-16)7-9-24-22(23-2)26-18-8-10-27(15-18)19-11-20(28-3)13-21(12-19)29-4;/h5-6,11-14,18H,7-10,15H2,1-4H3,(H2,23,24,26);1H. The van der Waals surface area contributed by atoms with Gasteiger partial charge < -0.3 is 25.0 Å². The van der Waals surface area contributed by atoms with E-state index in [-0.39, 0.29) is 24.0 Å². The van der Waals surface area contributed by atoms with Gasteiger partial charge in [0.15, 0.2) is 5.96 Å². The van der Waals surface area contributed by atoms with Crippen molar-refractivity contribution in [1.82, 2.24) is 15.6 Å². The van der Waals surface area contributed by atoms with Gasteiger partial charge in [0.2, 0.25) is 0 Å². The van der Waals surface area contributed by atoms with Crippen molar-refractivity contribution >= 4 is 35.6 Å². The van der Waals surface area contributed by atoms with Crippen LogP contribution in [-0.4, -0.2) is 57.9 Å². The molecule has 1 aliphatic rings. The van der Waals surface area contributed by atoms with Crippen molar-refractivity contribution in [3.63, 3.8) is 0 Å². The Hall–Kier alpha value is -2.23. The average molecular weight is 525 g/mol. The highest BCUT2D eigenvalue weighted by atomic mass is 127. The molecule has 1 aromatic heterocycles. The van der Waals surface area contributed by atoms with Crippen LogP contribution in [0.5, 0.6) is 11.5 Å². The molecule has 1 aromatic carbocycles. The highest BCUT2D eigenvalue weighted by Gasteiger charge is 2.24. The lowest BCUT2D eigenvalue weighted by Gasteiger charge is -2.21. The summed E-state index contributed by atoms with van der Waals surface area (Å²) in [7, 11) is 5.16. The van der Waals surface area contributed by atoms with Crippen LogP contribution in [0, 0.1) is 6.92 Å². The summed E-state index contributed by atoms with van der Waals surface area (Å²) in [5.74, 6) is 2.44. The number of nitrogens with one attached hydrogen (secondary N) is 2.